The Labute approximate surface area is 157 Å². The van der Waals surface area contributed by atoms with Gasteiger partial charge in [-0.2, -0.15) is 0 Å². The first kappa shape index (κ1) is 20.4. The SMILES string of the molecule is CCC(CC(=O)N1CCCC(N(C)CC(=O)O)CC1)c1ccc(C)cc1. The Kier molecular flexibility index (Phi) is 7.64. The molecule has 2 rings (SSSR count). The molecule has 1 amide bonds. The van der Waals surface area contributed by atoms with Crippen LogP contribution in [-0.4, -0.2) is 59.5 Å². The fourth-order valence-corrected chi connectivity index (χ4v) is 3.79. The Morgan fingerprint density at radius 3 is 2.54 bits per heavy atom. The molecule has 0 aromatic heterocycles. The lowest BCUT2D eigenvalue weighted by Gasteiger charge is -2.26. The summed E-state index contributed by atoms with van der Waals surface area (Å²) in [4.78, 5) is 27.6. The van der Waals surface area contributed by atoms with Gasteiger partial charge in [-0.3, -0.25) is 14.5 Å². The lowest BCUT2D eigenvalue weighted by Crippen LogP contribution is -2.37. The van der Waals surface area contributed by atoms with Crippen molar-refractivity contribution in [3.63, 3.8) is 0 Å². The van der Waals surface area contributed by atoms with Crippen LogP contribution in [0.15, 0.2) is 24.3 Å². The molecule has 0 radical (unpaired) electrons. The quantitative estimate of drug-likeness (QED) is 0.811. The van der Waals surface area contributed by atoms with E-state index in [0.29, 0.717) is 6.42 Å². The normalized spacial score (nSPS) is 19.2. The van der Waals surface area contributed by atoms with Crippen LogP contribution in [-0.2, 0) is 9.59 Å². The van der Waals surface area contributed by atoms with Gasteiger partial charge in [0.15, 0.2) is 0 Å². The zero-order valence-corrected chi connectivity index (χ0v) is 16.3. The minimum atomic E-state index is -0.798. The van der Waals surface area contributed by atoms with E-state index in [9.17, 15) is 9.59 Å². The summed E-state index contributed by atoms with van der Waals surface area (Å²) < 4.78 is 0. The van der Waals surface area contributed by atoms with Crippen LogP contribution in [0.2, 0.25) is 0 Å². The number of carbonyl (C=O) groups excluding carboxylic acids is 1. The molecular formula is C21H32N2O3. The summed E-state index contributed by atoms with van der Waals surface area (Å²) in [6.45, 7) is 5.77. The molecule has 0 spiro atoms. The Balaban J connectivity index is 1.92. The molecule has 1 aliphatic heterocycles. The summed E-state index contributed by atoms with van der Waals surface area (Å²) in [5, 5.41) is 8.97. The first-order chi connectivity index (χ1) is 12.4. The molecule has 1 aromatic carbocycles. The molecule has 1 N–H and O–H groups in total. The average Bonchev–Trinajstić information content (AvgIpc) is 2.86. The minimum absolute atomic E-state index is 0.0595. The first-order valence-corrected chi connectivity index (χ1v) is 9.67. The van der Waals surface area contributed by atoms with E-state index in [4.69, 9.17) is 5.11 Å². The molecule has 0 aliphatic carbocycles. The van der Waals surface area contributed by atoms with Crippen molar-refractivity contribution in [2.75, 3.05) is 26.7 Å². The van der Waals surface area contributed by atoms with Crippen molar-refractivity contribution in [3.05, 3.63) is 35.4 Å². The summed E-state index contributed by atoms with van der Waals surface area (Å²) in [6, 6.07) is 8.73. The molecular weight excluding hydrogens is 328 g/mol. The van der Waals surface area contributed by atoms with Gasteiger partial charge in [-0.15, -0.1) is 0 Å². The van der Waals surface area contributed by atoms with Crippen LogP contribution in [0.1, 0.15) is 56.1 Å². The monoisotopic (exact) mass is 360 g/mol. The van der Waals surface area contributed by atoms with Crippen LogP contribution in [0.5, 0.6) is 0 Å². The number of carboxylic acids is 1. The predicted molar refractivity (Wildman–Crippen MR) is 103 cm³/mol. The van der Waals surface area contributed by atoms with Crippen LogP contribution < -0.4 is 0 Å². The second-order valence-electron chi connectivity index (χ2n) is 7.49. The highest BCUT2D eigenvalue weighted by Gasteiger charge is 2.25. The van der Waals surface area contributed by atoms with Crippen molar-refractivity contribution in [2.45, 2.75) is 57.9 Å². The molecule has 0 bridgehead atoms. The van der Waals surface area contributed by atoms with Crippen LogP contribution in [0.4, 0.5) is 0 Å². The van der Waals surface area contributed by atoms with E-state index in [2.05, 4.69) is 38.1 Å². The number of carbonyl (C=O) groups is 2. The largest absolute Gasteiger partial charge is 0.480 e. The van der Waals surface area contributed by atoms with Crippen molar-refractivity contribution in [2.24, 2.45) is 0 Å². The van der Waals surface area contributed by atoms with Crippen molar-refractivity contribution < 1.29 is 14.7 Å². The Hall–Kier alpha value is -1.88. The van der Waals surface area contributed by atoms with Gasteiger partial charge in [0.2, 0.25) is 5.91 Å². The van der Waals surface area contributed by atoms with Crippen molar-refractivity contribution in [3.8, 4) is 0 Å². The number of hydrogen-bond acceptors (Lipinski definition) is 3. The van der Waals surface area contributed by atoms with Gasteiger partial charge in [-0.05, 0) is 51.1 Å². The van der Waals surface area contributed by atoms with Crippen LogP contribution in [0.25, 0.3) is 0 Å². The lowest BCUT2D eigenvalue weighted by atomic mass is 9.92. The standard InChI is InChI=1S/C21H32N2O3/c1-4-17(18-9-7-16(2)8-10-18)14-20(24)23-12-5-6-19(11-13-23)22(3)15-21(25)26/h7-10,17,19H,4-6,11-15H2,1-3H3,(H,25,26). The number of aliphatic carboxylic acids is 1. The molecule has 1 aromatic rings. The Morgan fingerprint density at radius 2 is 1.92 bits per heavy atom. The van der Waals surface area contributed by atoms with E-state index < -0.39 is 5.97 Å². The maximum Gasteiger partial charge on any atom is 0.317 e. The molecule has 5 heteroatoms. The van der Waals surface area contributed by atoms with Gasteiger partial charge in [-0.1, -0.05) is 36.8 Å². The van der Waals surface area contributed by atoms with Gasteiger partial charge >= 0.3 is 5.97 Å². The molecule has 144 valence electrons. The number of likely N-dealkylation sites (tertiary alicyclic amines) is 1. The number of carboxylic acid groups (broad SMARTS) is 1. The van der Waals surface area contributed by atoms with E-state index in [1.165, 1.54) is 11.1 Å². The zero-order chi connectivity index (χ0) is 19.1. The fourth-order valence-electron chi connectivity index (χ4n) is 3.79. The fraction of sp³-hybridized carbons (Fsp3) is 0.619. The predicted octanol–water partition coefficient (Wildman–Crippen LogP) is 3.28. The number of aryl methyl sites for hydroxylation is 1. The highest BCUT2D eigenvalue weighted by atomic mass is 16.4. The summed E-state index contributed by atoms with van der Waals surface area (Å²) in [7, 11) is 1.86. The number of hydrogen-bond donors (Lipinski definition) is 1. The summed E-state index contributed by atoms with van der Waals surface area (Å²) in [5.74, 6) is -0.315. The molecule has 1 aliphatic rings. The molecule has 2 unspecified atom stereocenters. The van der Waals surface area contributed by atoms with Crippen molar-refractivity contribution >= 4 is 11.9 Å². The van der Waals surface area contributed by atoms with E-state index in [0.717, 1.165) is 38.8 Å². The third-order valence-electron chi connectivity index (χ3n) is 5.52. The van der Waals surface area contributed by atoms with Gasteiger partial charge in [0.05, 0.1) is 6.54 Å². The Bertz CT molecular complexity index is 600. The van der Waals surface area contributed by atoms with Gasteiger partial charge in [0.25, 0.3) is 0 Å². The van der Waals surface area contributed by atoms with Crippen LogP contribution >= 0.6 is 0 Å². The molecule has 1 saturated heterocycles. The zero-order valence-electron chi connectivity index (χ0n) is 16.3. The topological polar surface area (TPSA) is 60.9 Å². The van der Waals surface area contributed by atoms with E-state index in [1.54, 1.807) is 0 Å². The highest BCUT2D eigenvalue weighted by Crippen LogP contribution is 2.25. The van der Waals surface area contributed by atoms with Gasteiger partial charge < -0.3 is 10.0 Å². The molecule has 5 nitrogen and oxygen atoms in total. The van der Waals surface area contributed by atoms with Gasteiger partial charge in [0.1, 0.15) is 0 Å². The molecule has 1 heterocycles. The summed E-state index contributed by atoms with van der Waals surface area (Å²) in [5.41, 5.74) is 2.47. The van der Waals surface area contributed by atoms with E-state index in [-0.39, 0.29) is 24.4 Å². The van der Waals surface area contributed by atoms with Crippen LogP contribution in [0, 0.1) is 6.92 Å². The van der Waals surface area contributed by atoms with Gasteiger partial charge in [0, 0.05) is 25.6 Å². The summed E-state index contributed by atoms with van der Waals surface area (Å²) >= 11 is 0. The third kappa shape index (κ3) is 5.84. The third-order valence-corrected chi connectivity index (χ3v) is 5.52. The Morgan fingerprint density at radius 1 is 1.23 bits per heavy atom. The maximum absolute atomic E-state index is 12.8. The van der Waals surface area contributed by atoms with Crippen LogP contribution in [0.3, 0.4) is 0 Å². The number of nitrogens with zero attached hydrogens (tertiary/aromatic N) is 2. The van der Waals surface area contributed by atoms with Crippen molar-refractivity contribution in [1.29, 1.82) is 0 Å². The average molecular weight is 360 g/mol. The van der Waals surface area contributed by atoms with Gasteiger partial charge in [-0.25, -0.2) is 0 Å². The lowest BCUT2D eigenvalue weighted by molar-refractivity contribution is -0.138. The smallest absolute Gasteiger partial charge is 0.317 e. The number of rotatable bonds is 7. The highest BCUT2D eigenvalue weighted by molar-refractivity contribution is 5.77. The second-order valence-corrected chi connectivity index (χ2v) is 7.49. The van der Waals surface area contributed by atoms with E-state index in [1.807, 2.05) is 16.8 Å². The number of benzene rings is 1. The molecule has 0 saturated carbocycles. The first-order valence-electron chi connectivity index (χ1n) is 9.67. The van der Waals surface area contributed by atoms with Crippen molar-refractivity contribution in [1.82, 2.24) is 9.80 Å². The summed E-state index contributed by atoms with van der Waals surface area (Å²) in [6.07, 6.45) is 4.23. The number of amides is 1. The molecule has 2 atom stereocenters. The number of likely N-dealkylation sites (N-methyl/N-ethyl adjacent to an activating group) is 1. The minimum Gasteiger partial charge on any atom is -0.480 e. The molecule has 1 fully saturated rings. The van der Waals surface area contributed by atoms with E-state index >= 15 is 0 Å². The molecule has 26 heavy (non-hydrogen) atoms. The second kappa shape index (κ2) is 9.72. The maximum atomic E-state index is 12.8.